The molecule has 0 aromatic carbocycles. The van der Waals surface area contributed by atoms with E-state index >= 15 is 0 Å². The topological polar surface area (TPSA) is 33.1 Å². The number of thiazole rings is 1. The Morgan fingerprint density at radius 2 is 2.43 bits per heavy atom. The van der Waals surface area contributed by atoms with Crippen LogP contribution in [0, 0.1) is 12.8 Å². The van der Waals surface area contributed by atoms with E-state index in [-0.39, 0.29) is 6.10 Å². The third kappa shape index (κ3) is 2.79. The highest BCUT2D eigenvalue weighted by Crippen LogP contribution is 2.34. The maximum atomic E-state index is 9.65. The Morgan fingerprint density at radius 1 is 1.64 bits per heavy atom. The SMILES string of the molecule is Cc1nc(CCCC(O)C2CC2)cs1. The smallest absolute Gasteiger partial charge is 0.0897 e. The number of rotatable bonds is 5. The van der Waals surface area contributed by atoms with Crippen molar-refractivity contribution in [3.63, 3.8) is 0 Å². The molecule has 1 aromatic heterocycles. The molecule has 0 aliphatic heterocycles. The number of aliphatic hydroxyl groups is 1. The van der Waals surface area contributed by atoms with Crippen LogP contribution in [-0.2, 0) is 6.42 Å². The second kappa shape index (κ2) is 4.41. The highest BCUT2D eigenvalue weighted by atomic mass is 32.1. The van der Waals surface area contributed by atoms with E-state index in [9.17, 15) is 5.11 Å². The van der Waals surface area contributed by atoms with E-state index in [2.05, 4.69) is 10.4 Å². The number of hydrogen-bond acceptors (Lipinski definition) is 3. The zero-order chi connectivity index (χ0) is 9.97. The van der Waals surface area contributed by atoms with Crippen molar-refractivity contribution >= 4 is 11.3 Å². The summed E-state index contributed by atoms with van der Waals surface area (Å²) in [5.74, 6) is 0.618. The van der Waals surface area contributed by atoms with Crippen LogP contribution >= 0.6 is 11.3 Å². The fourth-order valence-corrected chi connectivity index (χ4v) is 2.38. The molecule has 14 heavy (non-hydrogen) atoms. The zero-order valence-corrected chi connectivity index (χ0v) is 9.39. The van der Waals surface area contributed by atoms with Crippen LogP contribution in [0.1, 0.15) is 36.4 Å². The van der Waals surface area contributed by atoms with E-state index in [1.165, 1.54) is 18.5 Å². The van der Waals surface area contributed by atoms with Crippen molar-refractivity contribution < 1.29 is 5.11 Å². The second-order valence-corrected chi connectivity index (χ2v) is 5.22. The lowest BCUT2D eigenvalue weighted by molar-refractivity contribution is 0.139. The van der Waals surface area contributed by atoms with E-state index < -0.39 is 0 Å². The molecule has 1 aliphatic carbocycles. The summed E-state index contributed by atoms with van der Waals surface area (Å²) >= 11 is 1.71. The Bertz CT molecular complexity index is 293. The molecule has 2 nitrogen and oxygen atoms in total. The summed E-state index contributed by atoms with van der Waals surface area (Å²) < 4.78 is 0. The van der Waals surface area contributed by atoms with Crippen LogP contribution in [0.5, 0.6) is 0 Å². The lowest BCUT2D eigenvalue weighted by Crippen LogP contribution is -2.08. The van der Waals surface area contributed by atoms with Gasteiger partial charge < -0.3 is 5.11 Å². The van der Waals surface area contributed by atoms with Crippen molar-refractivity contribution in [3.8, 4) is 0 Å². The van der Waals surface area contributed by atoms with Gasteiger partial charge >= 0.3 is 0 Å². The second-order valence-electron chi connectivity index (χ2n) is 4.15. The molecular weight excluding hydrogens is 194 g/mol. The van der Waals surface area contributed by atoms with Crippen molar-refractivity contribution in [1.82, 2.24) is 4.98 Å². The normalized spacial score (nSPS) is 18.4. The van der Waals surface area contributed by atoms with E-state index in [0.29, 0.717) is 5.92 Å². The van der Waals surface area contributed by atoms with E-state index in [4.69, 9.17) is 0 Å². The van der Waals surface area contributed by atoms with E-state index in [0.717, 1.165) is 24.3 Å². The Kier molecular flexibility index (Phi) is 3.19. The van der Waals surface area contributed by atoms with Gasteiger partial charge in [-0.25, -0.2) is 4.98 Å². The van der Waals surface area contributed by atoms with Crippen molar-refractivity contribution in [3.05, 3.63) is 16.1 Å². The van der Waals surface area contributed by atoms with Gasteiger partial charge in [-0.3, -0.25) is 0 Å². The molecule has 1 saturated carbocycles. The molecule has 1 heterocycles. The molecule has 1 fully saturated rings. The van der Waals surface area contributed by atoms with Crippen molar-refractivity contribution in [2.45, 2.75) is 45.1 Å². The van der Waals surface area contributed by atoms with Gasteiger partial charge in [0.15, 0.2) is 0 Å². The zero-order valence-electron chi connectivity index (χ0n) is 8.57. The monoisotopic (exact) mass is 211 g/mol. The molecule has 0 saturated heterocycles. The van der Waals surface area contributed by atoms with Gasteiger partial charge in [-0.05, 0) is 44.9 Å². The minimum absolute atomic E-state index is 0.0465. The summed E-state index contributed by atoms with van der Waals surface area (Å²) in [6.07, 6.45) is 5.46. The number of hydrogen-bond donors (Lipinski definition) is 1. The van der Waals surface area contributed by atoms with Gasteiger partial charge in [0.2, 0.25) is 0 Å². The highest BCUT2D eigenvalue weighted by Gasteiger charge is 2.28. The molecule has 2 rings (SSSR count). The van der Waals surface area contributed by atoms with Gasteiger partial charge in [0.25, 0.3) is 0 Å². The van der Waals surface area contributed by atoms with Crippen LogP contribution in [0.15, 0.2) is 5.38 Å². The van der Waals surface area contributed by atoms with Crippen LogP contribution in [-0.4, -0.2) is 16.2 Å². The molecule has 1 unspecified atom stereocenters. The van der Waals surface area contributed by atoms with Crippen LogP contribution < -0.4 is 0 Å². The Hall–Kier alpha value is -0.410. The third-order valence-electron chi connectivity index (χ3n) is 2.77. The predicted molar refractivity (Wildman–Crippen MR) is 58.5 cm³/mol. The van der Waals surface area contributed by atoms with Crippen molar-refractivity contribution in [2.24, 2.45) is 5.92 Å². The Labute approximate surface area is 89.0 Å². The molecule has 1 atom stereocenters. The minimum atomic E-state index is -0.0465. The molecule has 3 heteroatoms. The first-order chi connectivity index (χ1) is 6.75. The maximum Gasteiger partial charge on any atom is 0.0897 e. The van der Waals surface area contributed by atoms with Crippen LogP contribution in [0.4, 0.5) is 0 Å². The van der Waals surface area contributed by atoms with Gasteiger partial charge in [-0.2, -0.15) is 0 Å². The summed E-state index contributed by atoms with van der Waals surface area (Å²) in [4.78, 5) is 4.40. The molecule has 0 radical (unpaired) electrons. The summed E-state index contributed by atoms with van der Waals surface area (Å²) in [6.45, 7) is 2.03. The standard InChI is InChI=1S/C11H17NOS/c1-8-12-10(7-14-8)3-2-4-11(13)9-5-6-9/h7,9,11,13H,2-6H2,1H3. The highest BCUT2D eigenvalue weighted by molar-refractivity contribution is 7.09. The first kappa shape index (κ1) is 10.1. The maximum absolute atomic E-state index is 9.65. The van der Waals surface area contributed by atoms with Gasteiger partial charge in [0.05, 0.1) is 16.8 Å². The average Bonchev–Trinajstić information content (AvgIpc) is 2.92. The molecule has 0 spiro atoms. The van der Waals surface area contributed by atoms with Crippen LogP contribution in [0.3, 0.4) is 0 Å². The van der Waals surface area contributed by atoms with Crippen LogP contribution in [0.25, 0.3) is 0 Å². The predicted octanol–water partition coefficient (Wildman–Crippen LogP) is 2.55. The number of aliphatic hydroxyl groups excluding tert-OH is 1. The first-order valence-electron chi connectivity index (χ1n) is 5.35. The molecule has 1 aromatic rings. The summed E-state index contributed by atoms with van der Waals surface area (Å²) in [7, 11) is 0. The molecule has 0 amide bonds. The van der Waals surface area contributed by atoms with Gasteiger partial charge in [-0.15, -0.1) is 11.3 Å². The molecular formula is C11H17NOS. The van der Waals surface area contributed by atoms with Crippen molar-refractivity contribution in [2.75, 3.05) is 0 Å². The lowest BCUT2D eigenvalue weighted by Gasteiger charge is -2.07. The van der Waals surface area contributed by atoms with Crippen molar-refractivity contribution in [1.29, 1.82) is 0 Å². The molecule has 0 bridgehead atoms. The summed E-state index contributed by atoms with van der Waals surface area (Å²) in [5.41, 5.74) is 1.19. The number of aryl methyl sites for hydroxylation is 2. The molecule has 78 valence electrons. The van der Waals surface area contributed by atoms with E-state index in [1.54, 1.807) is 11.3 Å². The average molecular weight is 211 g/mol. The van der Waals surface area contributed by atoms with E-state index in [1.807, 2.05) is 6.92 Å². The number of nitrogens with zero attached hydrogens (tertiary/aromatic N) is 1. The fraction of sp³-hybridized carbons (Fsp3) is 0.727. The summed E-state index contributed by atoms with van der Waals surface area (Å²) in [5, 5.41) is 12.9. The van der Waals surface area contributed by atoms with Crippen LogP contribution in [0.2, 0.25) is 0 Å². The Morgan fingerprint density at radius 3 is 3.00 bits per heavy atom. The fourth-order valence-electron chi connectivity index (χ4n) is 1.73. The van der Waals surface area contributed by atoms with Gasteiger partial charge in [0, 0.05) is 5.38 Å². The number of aromatic nitrogens is 1. The lowest BCUT2D eigenvalue weighted by atomic mass is 10.1. The first-order valence-corrected chi connectivity index (χ1v) is 6.23. The van der Waals surface area contributed by atoms with Gasteiger partial charge in [-0.1, -0.05) is 0 Å². The largest absolute Gasteiger partial charge is 0.393 e. The third-order valence-corrected chi connectivity index (χ3v) is 3.59. The van der Waals surface area contributed by atoms with Gasteiger partial charge in [0.1, 0.15) is 0 Å². The quantitative estimate of drug-likeness (QED) is 0.812. The molecule has 1 N–H and O–H groups in total. The Balaban J connectivity index is 1.67. The summed E-state index contributed by atoms with van der Waals surface area (Å²) in [6, 6.07) is 0. The molecule has 1 aliphatic rings. The minimum Gasteiger partial charge on any atom is -0.393 e.